The van der Waals surface area contributed by atoms with E-state index >= 15 is 0 Å². The molecule has 0 heterocycles. The molecule has 3 N–H and O–H groups in total. The Hall–Kier alpha value is 0.633. The average molecular weight is 259 g/mol. The van der Waals surface area contributed by atoms with Gasteiger partial charge in [-0.2, -0.15) is 7.05 Å². The summed E-state index contributed by atoms with van der Waals surface area (Å²) in [5, 5.41) is 14.0. The smallest absolute Gasteiger partial charge is 0.482 e. The molecule has 0 aromatic heterocycles. The maximum Gasteiger partial charge on any atom is 0.482 e. The molecule has 0 atom stereocenters. The third-order valence-corrected chi connectivity index (χ3v) is 0. The molecule has 0 aliphatic carbocycles. The first kappa shape index (κ1) is 15.9. The molecule has 1 radical (unpaired) electrons. The molecule has 5 heteroatoms. The van der Waals surface area contributed by atoms with E-state index in [0.29, 0.717) is 0 Å². The van der Waals surface area contributed by atoms with Gasteiger partial charge in [0.2, 0.25) is 0 Å². The summed E-state index contributed by atoms with van der Waals surface area (Å²) in [5.74, 6) is 0. The van der Waals surface area contributed by atoms with Gasteiger partial charge in [0.25, 0.3) is 0 Å². The summed E-state index contributed by atoms with van der Waals surface area (Å²) in [6.45, 7) is 0. The van der Waals surface area contributed by atoms with Gasteiger partial charge in [-0.15, -0.1) is 0 Å². The van der Waals surface area contributed by atoms with Gasteiger partial charge < -0.3 is 15.8 Å². The molecule has 0 fully saturated rings. The van der Waals surface area contributed by atoms with Crippen LogP contribution >= 0.6 is 0 Å². The maximum atomic E-state index is 7.00. The van der Waals surface area contributed by atoms with Crippen LogP contribution in [0.4, 0.5) is 0 Å². The van der Waals surface area contributed by atoms with E-state index in [2.05, 4.69) is 0 Å². The van der Waals surface area contributed by atoms with Crippen molar-refractivity contribution in [3.8, 4) is 0 Å². The molecular formula is CH6BNO2W-. The molecule has 0 saturated heterocycles. The second kappa shape index (κ2) is 45.3. The van der Waals surface area contributed by atoms with E-state index in [1.165, 1.54) is 7.05 Å². The van der Waals surface area contributed by atoms with Crippen LogP contribution in [0.5, 0.6) is 0 Å². The summed E-state index contributed by atoms with van der Waals surface area (Å²) in [6.07, 6.45) is 0. The molecule has 0 unspecified atom stereocenters. The van der Waals surface area contributed by atoms with E-state index in [-0.39, 0.29) is 28.8 Å². The van der Waals surface area contributed by atoms with E-state index in [0.717, 1.165) is 0 Å². The Morgan fingerprint density at radius 3 is 1.33 bits per heavy atom. The molecule has 6 heavy (non-hydrogen) atoms. The fourth-order valence-electron chi connectivity index (χ4n) is 0. The minimum Gasteiger partial charge on any atom is -0.680 e. The standard InChI is InChI=1S/CH4N.BH2O2.W/c1-2;2-1-3;/h2H,1H3;2-3H;/q-1;;. The Labute approximate surface area is 52.1 Å². The van der Waals surface area contributed by atoms with Gasteiger partial charge >= 0.3 is 7.69 Å². The average Bonchev–Trinajstić information content (AvgIpc) is 1.46. The normalized spacial score (nSPS) is 3.33. The fourth-order valence-corrected chi connectivity index (χ4v) is 0. The molecule has 0 spiro atoms. The first-order valence-electron chi connectivity index (χ1n) is 1.02. The zero-order valence-electron chi connectivity index (χ0n) is 3.38. The molecule has 0 aliphatic heterocycles. The third-order valence-electron chi connectivity index (χ3n) is 0. The second-order valence-electron chi connectivity index (χ2n) is 0.115. The van der Waals surface area contributed by atoms with Crippen molar-refractivity contribution in [2.24, 2.45) is 0 Å². The van der Waals surface area contributed by atoms with Gasteiger partial charge in [-0.3, -0.25) is 0 Å². The fraction of sp³-hybridized carbons (Fsp3) is 1.00. The van der Waals surface area contributed by atoms with Gasteiger partial charge in [-0.05, 0) is 0 Å². The number of hydrogen-bond donors (Lipinski definition) is 2. The van der Waals surface area contributed by atoms with Crippen molar-refractivity contribution in [1.82, 2.24) is 0 Å². The van der Waals surface area contributed by atoms with Crippen LogP contribution in [0.15, 0.2) is 0 Å². The Kier molecular flexibility index (Phi) is 120. The predicted molar refractivity (Wildman–Crippen MR) is 20.4 cm³/mol. The van der Waals surface area contributed by atoms with Crippen molar-refractivity contribution in [3.63, 3.8) is 0 Å². The minimum atomic E-state index is 0. The summed E-state index contributed by atoms with van der Waals surface area (Å²) in [5.41, 5.74) is 5.75. The molecular weight excluding hydrogens is 253 g/mol. The molecule has 0 aliphatic rings. The van der Waals surface area contributed by atoms with E-state index in [4.69, 9.17) is 15.8 Å². The van der Waals surface area contributed by atoms with E-state index in [1.54, 1.807) is 0 Å². The van der Waals surface area contributed by atoms with Crippen molar-refractivity contribution < 1.29 is 31.1 Å². The van der Waals surface area contributed by atoms with Gasteiger partial charge in [0.1, 0.15) is 0 Å². The molecule has 0 saturated carbocycles. The van der Waals surface area contributed by atoms with Crippen LogP contribution < -0.4 is 0 Å². The minimum absolute atomic E-state index is 0. The quantitative estimate of drug-likeness (QED) is 0.557. The molecule has 37 valence electrons. The van der Waals surface area contributed by atoms with Crippen LogP contribution in [0.1, 0.15) is 0 Å². The predicted octanol–water partition coefficient (Wildman–Crippen LogP) is -0.829. The zero-order valence-corrected chi connectivity index (χ0v) is 6.31. The Morgan fingerprint density at radius 1 is 1.33 bits per heavy atom. The second-order valence-corrected chi connectivity index (χ2v) is 0.115. The van der Waals surface area contributed by atoms with Crippen molar-refractivity contribution in [2.75, 3.05) is 7.05 Å². The van der Waals surface area contributed by atoms with E-state index in [9.17, 15) is 0 Å². The Bertz CT molecular complexity index is 13.5. The van der Waals surface area contributed by atoms with E-state index in [1.807, 2.05) is 0 Å². The number of nitrogens with one attached hydrogen (secondary N) is 1. The molecule has 0 bridgehead atoms. The van der Waals surface area contributed by atoms with Crippen LogP contribution in [0.3, 0.4) is 0 Å². The van der Waals surface area contributed by atoms with Crippen LogP contribution in [-0.2, 0) is 21.1 Å². The van der Waals surface area contributed by atoms with Crippen LogP contribution in [0.2, 0.25) is 0 Å². The molecule has 3 nitrogen and oxygen atoms in total. The van der Waals surface area contributed by atoms with Gasteiger partial charge in [0.15, 0.2) is 0 Å². The van der Waals surface area contributed by atoms with Crippen molar-refractivity contribution in [2.45, 2.75) is 0 Å². The summed E-state index contributed by atoms with van der Waals surface area (Å²) >= 11 is 0. The van der Waals surface area contributed by atoms with Crippen molar-refractivity contribution in [3.05, 3.63) is 5.73 Å². The Balaban J connectivity index is -0.0000000275. The first-order chi connectivity index (χ1) is 2.41. The molecule has 0 aromatic rings. The van der Waals surface area contributed by atoms with Crippen LogP contribution in [-0.4, -0.2) is 24.8 Å². The number of rotatable bonds is 0. The first-order valence-corrected chi connectivity index (χ1v) is 1.02. The van der Waals surface area contributed by atoms with E-state index < -0.39 is 0 Å². The summed E-state index contributed by atoms with van der Waals surface area (Å²) < 4.78 is 0. The monoisotopic (exact) mass is 259 g/mol. The summed E-state index contributed by atoms with van der Waals surface area (Å²) in [7, 11) is 1.25. The molecule has 0 amide bonds. The molecule has 0 aromatic carbocycles. The summed E-state index contributed by atoms with van der Waals surface area (Å²) in [6, 6.07) is 0. The zero-order chi connectivity index (χ0) is 4.71. The molecule has 0 rings (SSSR count). The van der Waals surface area contributed by atoms with Crippen LogP contribution in [0, 0.1) is 0 Å². The number of hydrogen-bond acceptors (Lipinski definition) is 2. The third kappa shape index (κ3) is 153. The van der Waals surface area contributed by atoms with Gasteiger partial charge in [0, 0.05) is 21.1 Å². The van der Waals surface area contributed by atoms with Gasteiger partial charge in [-0.1, -0.05) is 0 Å². The summed E-state index contributed by atoms with van der Waals surface area (Å²) in [4.78, 5) is 0. The Morgan fingerprint density at radius 2 is 1.33 bits per heavy atom. The largest absolute Gasteiger partial charge is 0.680 e. The SMILES string of the molecule is C[NH-].O[B]O.[W]. The van der Waals surface area contributed by atoms with Crippen LogP contribution in [0.25, 0.3) is 5.73 Å². The maximum absolute atomic E-state index is 7.00. The van der Waals surface area contributed by atoms with Gasteiger partial charge in [-0.25, -0.2) is 0 Å². The van der Waals surface area contributed by atoms with Crippen molar-refractivity contribution >= 4 is 7.69 Å². The van der Waals surface area contributed by atoms with Crippen molar-refractivity contribution in [1.29, 1.82) is 0 Å². The van der Waals surface area contributed by atoms with Gasteiger partial charge in [0.05, 0.1) is 0 Å². The topological polar surface area (TPSA) is 64.3 Å².